The zero-order valence-electron chi connectivity index (χ0n) is 15.5. The third kappa shape index (κ3) is 6.86. The van der Waals surface area contributed by atoms with Gasteiger partial charge in [-0.05, 0) is 55.0 Å². The smallest absolute Gasteiger partial charge is 0.119 e. The molecule has 0 aliphatic carbocycles. The third-order valence-electron chi connectivity index (χ3n) is 4.81. The van der Waals surface area contributed by atoms with E-state index < -0.39 is 12.0 Å². The van der Waals surface area contributed by atoms with Gasteiger partial charge >= 0.3 is 0 Å². The van der Waals surface area contributed by atoms with Gasteiger partial charge in [0.25, 0.3) is 0 Å². The summed E-state index contributed by atoms with van der Waals surface area (Å²) in [6.07, 6.45) is 6.11. The Bertz CT molecular complexity index is 708. The number of nitrogens with zero attached hydrogens (tertiary/aromatic N) is 2. The molecule has 1 unspecified atom stereocenters. The average molecular weight is 427 g/mol. The van der Waals surface area contributed by atoms with Gasteiger partial charge in [-0.25, -0.2) is 0 Å². The first-order valence-corrected chi connectivity index (χ1v) is 8.95. The van der Waals surface area contributed by atoms with Crippen LogP contribution in [0.25, 0.3) is 0 Å². The van der Waals surface area contributed by atoms with Crippen molar-refractivity contribution in [2.45, 2.75) is 25.3 Å². The van der Waals surface area contributed by atoms with Gasteiger partial charge in [-0.2, -0.15) is 0 Å². The highest BCUT2D eigenvalue weighted by Crippen LogP contribution is 2.23. The number of anilines is 1. The summed E-state index contributed by atoms with van der Waals surface area (Å²) >= 11 is 0. The molecule has 0 spiro atoms. The van der Waals surface area contributed by atoms with Crippen molar-refractivity contribution in [1.29, 1.82) is 0 Å². The highest BCUT2D eigenvalue weighted by molar-refractivity contribution is 5.85. The molecular weight excluding hydrogens is 401 g/mol. The lowest BCUT2D eigenvalue weighted by molar-refractivity contribution is -0.307. The fourth-order valence-corrected chi connectivity index (χ4v) is 3.19. The van der Waals surface area contributed by atoms with Gasteiger partial charge in [0.1, 0.15) is 5.75 Å². The number of ether oxygens (including phenoxy) is 1. The first kappa shape index (κ1) is 24.0. The number of hydrogen-bond acceptors (Lipinski definition) is 6. The van der Waals surface area contributed by atoms with Crippen molar-refractivity contribution in [3.05, 3.63) is 54.4 Å². The second-order valence-electron chi connectivity index (χ2n) is 6.72. The number of benzene rings is 1. The van der Waals surface area contributed by atoms with E-state index in [0.717, 1.165) is 37.2 Å². The molecule has 0 amide bonds. The first-order chi connectivity index (χ1) is 12.6. The van der Waals surface area contributed by atoms with E-state index in [-0.39, 0.29) is 31.2 Å². The molecule has 0 saturated carbocycles. The maximum atomic E-state index is 10.7. The fraction of sp³-hybridized carbons (Fsp3) is 0.400. The number of carboxylic acid groups (broad SMARTS) is 1. The Hall–Kier alpha value is -2.02. The van der Waals surface area contributed by atoms with Crippen LogP contribution >= 0.6 is 24.8 Å². The van der Waals surface area contributed by atoms with Crippen molar-refractivity contribution in [3.8, 4) is 5.75 Å². The Morgan fingerprint density at radius 1 is 1.14 bits per heavy atom. The van der Waals surface area contributed by atoms with E-state index >= 15 is 0 Å². The minimum atomic E-state index is -1.23. The molecule has 1 aliphatic rings. The molecule has 1 saturated heterocycles. The normalized spacial score (nSPS) is 15.1. The lowest BCUT2D eigenvalue weighted by Crippen LogP contribution is -2.43. The van der Waals surface area contributed by atoms with Crippen molar-refractivity contribution in [1.82, 2.24) is 4.98 Å². The molecule has 1 aromatic carbocycles. The van der Waals surface area contributed by atoms with Gasteiger partial charge in [0.05, 0.1) is 12.6 Å². The maximum absolute atomic E-state index is 10.7. The van der Waals surface area contributed by atoms with Gasteiger partial charge in [0.15, 0.2) is 0 Å². The molecule has 1 aliphatic heterocycles. The molecule has 1 fully saturated rings. The summed E-state index contributed by atoms with van der Waals surface area (Å²) < 4.78 is 5.91. The summed E-state index contributed by atoms with van der Waals surface area (Å²) in [7, 11) is 0. The van der Waals surface area contributed by atoms with Crippen molar-refractivity contribution < 1.29 is 14.6 Å². The van der Waals surface area contributed by atoms with E-state index in [9.17, 15) is 9.90 Å². The van der Waals surface area contributed by atoms with Crippen LogP contribution in [0, 0.1) is 5.92 Å². The minimum Gasteiger partial charge on any atom is -0.548 e. The standard InChI is InChI=1S/C20H25N3O3.2ClH/c21-19(20(24)25)13-15-1-3-18(4-2-15)26-14-16-7-11-23(12-8-16)17-5-9-22-10-6-17;;/h1-6,9-10,16,19H,7-8,11-14,21H2,(H,24,25);2*1H/p-1. The molecule has 28 heavy (non-hydrogen) atoms. The molecule has 154 valence electrons. The summed E-state index contributed by atoms with van der Waals surface area (Å²) in [5.74, 6) is 0.107. The van der Waals surface area contributed by atoms with Gasteiger partial charge in [-0.1, -0.05) is 12.1 Å². The molecule has 1 aromatic heterocycles. The molecule has 0 radical (unpaired) electrons. The maximum Gasteiger partial charge on any atom is 0.119 e. The molecule has 8 heteroatoms. The van der Waals surface area contributed by atoms with Gasteiger partial charge in [-0.3, -0.25) is 4.98 Å². The fourth-order valence-electron chi connectivity index (χ4n) is 3.19. The topological polar surface area (TPSA) is 91.5 Å². The molecular formula is C20H26Cl2N3O3-. The van der Waals surface area contributed by atoms with Crippen molar-refractivity contribution in [2.24, 2.45) is 11.7 Å². The highest BCUT2D eigenvalue weighted by atomic mass is 35.5. The van der Waals surface area contributed by atoms with Gasteiger partial charge in [0, 0.05) is 37.2 Å². The van der Waals surface area contributed by atoms with Crippen LogP contribution in [0.3, 0.4) is 0 Å². The van der Waals surface area contributed by atoms with E-state index in [1.807, 2.05) is 48.8 Å². The van der Waals surface area contributed by atoms with E-state index in [0.29, 0.717) is 12.5 Å². The number of aliphatic carboxylic acids is 1. The third-order valence-corrected chi connectivity index (χ3v) is 4.81. The highest BCUT2D eigenvalue weighted by Gasteiger charge is 2.20. The quantitative estimate of drug-likeness (QED) is 0.725. The Morgan fingerprint density at radius 3 is 2.32 bits per heavy atom. The number of carbonyl (C=O) groups excluding carboxylic acids is 1. The second-order valence-corrected chi connectivity index (χ2v) is 6.72. The zero-order chi connectivity index (χ0) is 18.4. The second kappa shape index (κ2) is 11.7. The Labute approximate surface area is 177 Å². The number of rotatable bonds is 7. The van der Waals surface area contributed by atoms with Gasteiger partial charge in [0.2, 0.25) is 0 Å². The number of carboxylic acids is 1. The number of piperidine rings is 1. The summed E-state index contributed by atoms with van der Waals surface area (Å²) in [4.78, 5) is 17.1. The molecule has 2 heterocycles. The predicted octanol–water partition coefficient (Wildman–Crippen LogP) is 1.84. The molecule has 6 nitrogen and oxygen atoms in total. The minimum absolute atomic E-state index is 0. The van der Waals surface area contributed by atoms with E-state index in [2.05, 4.69) is 9.88 Å². The van der Waals surface area contributed by atoms with Crippen LogP contribution in [0.15, 0.2) is 48.8 Å². The SMILES string of the molecule is Cl.Cl.NC(Cc1ccc(OCC2CCN(c3ccncc3)CC2)cc1)C(=O)[O-]. The molecule has 0 bridgehead atoms. The predicted molar refractivity (Wildman–Crippen MR) is 112 cm³/mol. The van der Waals surface area contributed by atoms with Crippen LogP contribution in [0.1, 0.15) is 18.4 Å². The number of hydrogen-bond donors (Lipinski definition) is 1. The van der Waals surface area contributed by atoms with Crippen molar-refractivity contribution >= 4 is 36.5 Å². The lowest BCUT2D eigenvalue weighted by atomic mass is 9.97. The lowest BCUT2D eigenvalue weighted by Gasteiger charge is -2.33. The number of nitrogens with two attached hydrogens (primary N) is 1. The first-order valence-electron chi connectivity index (χ1n) is 8.95. The van der Waals surface area contributed by atoms with Crippen LogP contribution in [-0.4, -0.2) is 36.7 Å². The summed E-state index contributed by atoms with van der Waals surface area (Å²) in [6, 6.07) is 10.5. The molecule has 2 aromatic rings. The largest absolute Gasteiger partial charge is 0.548 e. The van der Waals surface area contributed by atoms with Crippen molar-refractivity contribution in [3.63, 3.8) is 0 Å². The van der Waals surface area contributed by atoms with E-state index in [1.54, 1.807) is 0 Å². The van der Waals surface area contributed by atoms with Crippen LogP contribution in [0.2, 0.25) is 0 Å². The Kier molecular flexibility index (Phi) is 10.1. The number of carbonyl (C=O) groups is 1. The monoisotopic (exact) mass is 426 g/mol. The summed E-state index contributed by atoms with van der Waals surface area (Å²) in [5, 5.41) is 10.7. The van der Waals surface area contributed by atoms with Crippen LogP contribution < -0.4 is 20.5 Å². The summed E-state index contributed by atoms with van der Waals surface area (Å²) in [6.45, 7) is 2.75. The molecule has 3 rings (SSSR count). The van der Waals surface area contributed by atoms with E-state index in [1.165, 1.54) is 5.69 Å². The van der Waals surface area contributed by atoms with E-state index in [4.69, 9.17) is 10.5 Å². The number of aromatic nitrogens is 1. The Morgan fingerprint density at radius 2 is 1.75 bits per heavy atom. The van der Waals surface area contributed by atoms with Gasteiger partial charge < -0.3 is 25.3 Å². The molecule has 1 atom stereocenters. The van der Waals surface area contributed by atoms with Crippen molar-refractivity contribution in [2.75, 3.05) is 24.6 Å². The van der Waals surface area contributed by atoms with Crippen LogP contribution in [-0.2, 0) is 11.2 Å². The number of halogens is 2. The molecule has 2 N–H and O–H groups in total. The zero-order valence-corrected chi connectivity index (χ0v) is 17.2. The van der Waals surface area contributed by atoms with Gasteiger partial charge in [-0.15, -0.1) is 24.8 Å². The van der Waals surface area contributed by atoms with Crippen LogP contribution in [0.4, 0.5) is 5.69 Å². The summed E-state index contributed by atoms with van der Waals surface area (Å²) in [5.41, 5.74) is 7.58. The Balaban J connectivity index is 0.00000196. The van der Waals surface area contributed by atoms with Crippen LogP contribution in [0.5, 0.6) is 5.75 Å². The number of pyridine rings is 1. The average Bonchev–Trinajstić information content (AvgIpc) is 2.68.